The van der Waals surface area contributed by atoms with Crippen LogP contribution in [0.25, 0.3) is 0 Å². The van der Waals surface area contributed by atoms with Crippen molar-refractivity contribution in [3.8, 4) is 0 Å². The third kappa shape index (κ3) is 3.75. The highest BCUT2D eigenvalue weighted by molar-refractivity contribution is 6.07. The Morgan fingerprint density at radius 3 is 2.67 bits per heavy atom. The summed E-state index contributed by atoms with van der Waals surface area (Å²) in [5, 5.41) is 12.5. The van der Waals surface area contributed by atoms with Gasteiger partial charge in [-0.05, 0) is 12.5 Å². The first-order valence-corrected chi connectivity index (χ1v) is 7.32. The van der Waals surface area contributed by atoms with Gasteiger partial charge in [-0.2, -0.15) is 0 Å². The van der Waals surface area contributed by atoms with Crippen LogP contribution in [-0.2, 0) is 7.05 Å². The van der Waals surface area contributed by atoms with Gasteiger partial charge in [-0.25, -0.2) is 0 Å². The lowest BCUT2D eigenvalue weighted by molar-refractivity contribution is 0.0949. The molecule has 0 aliphatic rings. The lowest BCUT2D eigenvalue weighted by Crippen LogP contribution is -2.28. The van der Waals surface area contributed by atoms with Crippen molar-refractivity contribution >= 4 is 29.2 Å². The molecule has 0 radical (unpaired) electrons. The SMILES string of the molecule is Cc1c(C(=O)Nc2cc(N)cn2C)c[nH]c1C(=O)NCCC(=N)N. The monoisotopic (exact) mass is 331 g/mol. The molecule has 0 saturated carbocycles. The van der Waals surface area contributed by atoms with E-state index in [1.165, 1.54) is 6.20 Å². The second kappa shape index (κ2) is 6.90. The van der Waals surface area contributed by atoms with E-state index >= 15 is 0 Å². The number of carbonyl (C=O) groups is 2. The summed E-state index contributed by atoms with van der Waals surface area (Å²) in [6.07, 6.45) is 3.44. The maximum Gasteiger partial charge on any atom is 0.268 e. The van der Waals surface area contributed by atoms with E-state index < -0.39 is 0 Å². The number of anilines is 2. The van der Waals surface area contributed by atoms with Gasteiger partial charge in [0.2, 0.25) is 0 Å². The molecule has 0 spiro atoms. The van der Waals surface area contributed by atoms with Crippen LogP contribution in [0.5, 0.6) is 0 Å². The largest absolute Gasteiger partial charge is 0.397 e. The topological polar surface area (TPSA) is 155 Å². The normalized spacial score (nSPS) is 10.4. The number of aromatic amines is 1. The summed E-state index contributed by atoms with van der Waals surface area (Å²) < 4.78 is 1.70. The number of hydrogen-bond acceptors (Lipinski definition) is 4. The summed E-state index contributed by atoms with van der Waals surface area (Å²) in [6, 6.07) is 1.65. The summed E-state index contributed by atoms with van der Waals surface area (Å²) in [5.41, 5.74) is 12.7. The highest BCUT2D eigenvalue weighted by atomic mass is 16.2. The second-order valence-electron chi connectivity index (χ2n) is 5.46. The number of aromatic nitrogens is 2. The number of nitrogens with one attached hydrogen (secondary N) is 4. The minimum Gasteiger partial charge on any atom is -0.397 e. The second-order valence-corrected chi connectivity index (χ2v) is 5.46. The molecule has 128 valence electrons. The molecule has 0 bridgehead atoms. The standard InChI is InChI=1S/C15H21N7O2/c1-8-10(14(23)21-12-5-9(16)7-22(12)2)6-20-13(8)15(24)19-4-3-11(17)18/h5-7,20H,3-4,16H2,1-2H3,(H3,17,18)(H,19,24)(H,21,23). The first-order valence-electron chi connectivity index (χ1n) is 7.32. The van der Waals surface area contributed by atoms with Crippen LogP contribution in [-0.4, -0.2) is 33.7 Å². The molecule has 0 saturated heterocycles. The van der Waals surface area contributed by atoms with E-state index in [1.54, 1.807) is 30.8 Å². The van der Waals surface area contributed by atoms with Crippen LogP contribution in [0.3, 0.4) is 0 Å². The molecule has 0 aliphatic heterocycles. The number of hydrogen-bond donors (Lipinski definition) is 6. The zero-order valence-electron chi connectivity index (χ0n) is 13.6. The number of amides is 2. The lowest BCUT2D eigenvalue weighted by atomic mass is 10.1. The maximum atomic E-state index is 12.4. The molecule has 0 unspecified atom stereocenters. The molecule has 9 heteroatoms. The van der Waals surface area contributed by atoms with Gasteiger partial charge in [-0.1, -0.05) is 0 Å². The summed E-state index contributed by atoms with van der Waals surface area (Å²) in [7, 11) is 1.77. The van der Waals surface area contributed by atoms with Gasteiger partial charge in [0.25, 0.3) is 11.8 Å². The number of nitrogens with two attached hydrogens (primary N) is 2. The van der Waals surface area contributed by atoms with Crippen LogP contribution >= 0.6 is 0 Å². The van der Waals surface area contributed by atoms with Gasteiger partial charge >= 0.3 is 0 Å². The van der Waals surface area contributed by atoms with Crippen LogP contribution in [0, 0.1) is 12.3 Å². The quantitative estimate of drug-likeness (QED) is 0.338. The van der Waals surface area contributed by atoms with Gasteiger partial charge < -0.3 is 31.7 Å². The third-order valence-electron chi connectivity index (χ3n) is 3.56. The van der Waals surface area contributed by atoms with Crippen molar-refractivity contribution in [2.45, 2.75) is 13.3 Å². The molecule has 0 aromatic carbocycles. The van der Waals surface area contributed by atoms with Crippen LogP contribution in [0.2, 0.25) is 0 Å². The van der Waals surface area contributed by atoms with Crippen LogP contribution in [0.15, 0.2) is 18.5 Å². The zero-order valence-corrected chi connectivity index (χ0v) is 13.6. The third-order valence-corrected chi connectivity index (χ3v) is 3.56. The van der Waals surface area contributed by atoms with E-state index in [2.05, 4.69) is 15.6 Å². The Kier molecular flexibility index (Phi) is 4.93. The molecule has 2 aromatic rings. The fraction of sp³-hybridized carbons (Fsp3) is 0.267. The number of rotatable bonds is 6. The van der Waals surface area contributed by atoms with Gasteiger partial charge in [0, 0.05) is 38.5 Å². The minimum atomic E-state index is -0.351. The van der Waals surface area contributed by atoms with Crippen molar-refractivity contribution in [1.29, 1.82) is 5.41 Å². The Morgan fingerprint density at radius 1 is 1.38 bits per heavy atom. The van der Waals surface area contributed by atoms with E-state index in [0.717, 1.165) is 0 Å². The zero-order chi connectivity index (χ0) is 17.9. The maximum absolute atomic E-state index is 12.4. The van der Waals surface area contributed by atoms with Crippen LogP contribution < -0.4 is 22.1 Å². The predicted molar refractivity (Wildman–Crippen MR) is 92.2 cm³/mol. The molecule has 0 fully saturated rings. The number of nitrogens with zero attached hydrogens (tertiary/aromatic N) is 1. The van der Waals surface area contributed by atoms with E-state index in [-0.39, 0.29) is 30.6 Å². The van der Waals surface area contributed by atoms with Gasteiger partial charge in [0.1, 0.15) is 11.5 Å². The molecular formula is C15H21N7O2. The van der Waals surface area contributed by atoms with E-state index in [4.69, 9.17) is 16.9 Å². The van der Waals surface area contributed by atoms with Crippen molar-refractivity contribution < 1.29 is 9.59 Å². The predicted octanol–water partition coefficient (Wildman–Crippen LogP) is 0.552. The molecule has 0 atom stereocenters. The van der Waals surface area contributed by atoms with Gasteiger partial charge in [0.05, 0.1) is 17.1 Å². The Labute approximate surface area is 138 Å². The summed E-state index contributed by atoms with van der Waals surface area (Å²) in [4.78, 5) is 27.3. The first-order chi connectivity index (χ1) is 11.3. The fourth-order valence-corrected chi connectivity index (χ4v) is 2.26. The molecular weight excluding hydrogens is 310 g/mol. The average Bonchev–Trinajstić information content (AvgIpc) is 3.01. The highest BCUT2D eigenvalue weighted by Crippen LogP contribution is 2.18. The van der Waals surface area contributed by atoms with E-state index in [9.17, 15) is 9.59 Å². The Hall–Kier alpha value is -3.23. The first kappa shape index (κ1) is 17.1. The summed E-state index contributed by atoms with van der Waals surface area (Å²) >= 11 is 0. The Bertz CT molecular complexity index is 788. The van der Waals surface area contributed by atoms with Crippen molar-refractivity contribution in [3.05, 3.63) is 35.3 Å². The number of H-pyrrole nitrogens is 1. The smallest absolute Gasteiger partial charge is 0.268 e. The molecule has 2 heterocycles. The highest BCUT2D eigenvalue weighted by Gasteiger charge is 2.19. The number of carbonyl (C=O) groups excluding carboxylic acids is 2. The van der Waals surface area contributed by atoms with Gasteiger partial charge in [-0.3, -0.25) is 15.0 Å². The minimum absolute atomic E-state index is 0.000384. The van der Waals surface area contributed by atoms with Crippen molar-refractivity contribution in [1.82, 2.24) is 14.9 Å². The number of amidine groups is 1. The molecule has 2 amide bonds. The molecule has 2 aromatic heterocycles. The van der Waals surface area contributed by atoms with E-state index in [1.807, 2.05) is 0 Å². The Balaban J connectivity index is 2.08. The molecule has 0 aliphatic carbocycles. The Morgan fingerprint density at radius 2 is 2.08 bits per heavy atom. The molecule has 24 heavy (non-hydrogen) atoms. The van der Waals surface area contributed by atoms with Crippen molar-refractivity contribution in [2.24, 2.45) is 12.8 Å². The van der Waals surface area contributed by atoms with Crippen LogP contribution in [0.1, 0.15) is 32.8 Å². The van der Waals surface area contributed by atoms with E-state index in [0.29, 0.717) is 28.3 Å². The van der Waals surface area contributed by atoms with Crippen LogP contribution in [0.4, 0.5) is 11.5 Å². The van der Waals surface area contributed by atoms with Gasteiger partial charge in [0.15, 0.2) is 0 Å². The van der Waals surface area contributed by atoms with Crippen molar-refractivity contribution in [3.63, 3.8) is 0 Å². The van der Waals surface area contributed by atoms with Gasteiger partial charge in [-0.15, -0.1) is 0 Å². The fourth-order valence-electron chi connectivity index (χ4n) is 2.26. The number of aryl methyl sites for hydroxylation is 1. The average molecular weight is 331 g/mol. The summed E-state index contributed by atoms with van der Waals surface area (Å²) in [6.45, 7) is 1.95. The lowest BCUT2D eigenvalue weighted by Gasteiger charge is -2.06. The van der Waals surface area contributed by atoms with Crippen molar-refractivity contribution in [2.75, 3.05) is 17.6 Å². The molecule has 2 rings (SSSR count). The summed E-state index contributed by atoms with van der Waals surface area (Å²) in [5.74, 6) is -0.130. The number of nitrogen functional groups attached to an aromatic ring is 1. The molecule has 8 N–H and O–H groups in total. The molecule has 9 nitrogen and oxygen atoms in total.